The lowest BCUT2D eigenvalue weighted by molar-refractivity contribution is 0.102. The summed E-state index contributed by atoms with van der Waals surface area (Å²) in [4.78, 5) is 22.6. The van der Waals surface area contributed by atoms with Crippen molar-refractivity contribution in [2.75, 3.05) is 29.6 Å². The molecule has 0 aliphatic carbocycles. The lowest BCUT2D eigenvalue weighted by Gasteiger charge is -2.17. The molecule has 5 aromatic rings. The molecule has 0 aliphatic heterocycles. The third kappa shape index (κ3) is 4.01. The smallest absolute Gasteiger partial charge is 0.265 e. The van der Waals surface area contributed by atoms with Crippen LogP contribution in [0.3, 0.4) is 0 Å². The van der Waals surface area contributed by atoms with Crippen molar-refractivity contribution in [1.82, 2.24) is 20.2 Å². The third-order valence-electron chi connectivity index (χ3n) is 5.47. The lowest BCUT2D eigenvalue weighted by Crippen LogP contribution is -2.18. The highest BCUT2D eigenvalue weighted by molar-refractivity contribution is 6.11. The summed E-state index contributed by atoms with van der Waals surface area (Å²) in [6.07, 6.45) is -0.910. The van der Waals surface area contributed by atoms with Crippen LogP contribution in [0.1, 0.15) is 22.3 Å². The average Bonchev–Trinajstić information content (AvgIpc) is 3.43. The van der Waals surface area contributed by atoms with Crippen LogP contribution < -0.4 is 15.5 Å². The summed E-state index contributed by atoms with van der Waals surface area (Å²) in [5.41, 5.74) is 3.87. The van der Waals surface area contributed by atoms with Crippen molar-refractivity contribution in [2.45, 2.75) is 6.43 Å². The van der Waals surface area contributed by atoms with Crippen LogP contribution >= 0.6 is 0 Å². The van der Waals surface area contributed by atoms with E-state index in [-0.39, 0.29) is 17.2 Å². The van der Waals surface area contributed by atoms with Gasteiger partial charge in [-0.25, -0.2) is 13.8 Å². The molecule has 2 aromatic heterocycles. The van der Waals surface area contributed by atoms with Gasteiger partial charge in [-0.3, -0.25) is 9.89 Å². The first-order chi connectivity index (χ1) is 16.4. The van der Waals surface area contributed by atoms with Gasteiger partial charge in [0, 0.05) is 36.4 Å². The Morgan fingerprint density at radius 2 is 1.88 bits per heavy atom. The standard InChI is InChI=1S/C24H21F2N7O/c1-33(2)21-11-20-19(30-24(31-20)29-17-6-4-3-5-15(17)22(25)26)10-16(21)23(34)28-14-8-7-13-12-27-32-18(13)9-14/h3-12,22H,1-2H3,(H,27,32)(H,28,34)(H2,29,30,31). The van der Waals surface area contributed by atoms with Gasteiger partial charge in [0.2, 0.25) is 5.95 Å². The second-order valence-corrected chi connectivity index (χ2v) is 8.01. The number of benzene rings is 3. The Hall–Kier alpha value is -4.47. The molecule has 10 heteroatoms. The minimum Gasteiger partial charge on any atom is -0.377 e. The fourth-order valence-corrected chi connectivity index (χ4v) is 3.80. The summed E-state index contributed by atoms with van der Waals surface area (Å²) in [6, 6.07) is 15.1. The number of anilines is 4. The maximum atomic E-state index is 13.3. The zero-order valence-corrected chi connectivity index (χ0v) is 18.4. The fraction of sp³-hybridized carbons (Fsp3) is 0.125. The highest BCUT2D eigenvalue weighted by atomic mass is 19.3. The number of nitrogens with zero attached hydrogens (tertiary/aromatic N) is 3. The number of hydrogen-bond donors (Lipinski definition) is 4. The Balaban J connectivity index is 1.48. The minimum atomic E-state index is -2.62. The van der Waals surface area contributed by atoms with Gasteiger partial charge in [-0.15, -0.1) is 0 Å². The predicted molar refractivity (Wildman–Crippen MR) is 129 cm³/mol. The zero-order valence-electron chi connectivity index (χ0n) is 18.4. The number of para-hydroxylation sites is 1. The first kappa shape index (κ1) is 21.4. The topological polar surface area (TPSA) is 102 Å². The van der Waals surface area contributed by atoms with E-state index in [1.54, 1.807) is 36.5 Å². The number of H-pyrrole nitrogens is 2. The van der Waals surface area contributed by atoms with Gasteiger partial charge >= 0.3 is 0 Å². The van der Waals surface area contributed by atoms with Gasteiger partial charge in [0.25, 0.3) is 12.3 Å². The van der Waals surface area contributed by atoms with Crippen LogP contribution in [0.2, 0.25) is 0 Å². The summed E-state index contributed by atoms with van der Waals surface area (Å²) in [5, 5.41) is 13.7. The van der Waals surface area contributed by atoms with Crippen LogP contribution in [0.25, 0.3) is 21.9 Å². The molecule has 8 nitrogen and oxygen atoms in total. The highest BCUT2D eigenvalue weighted by Gasteiger charge is 2.18. The quantitative estimate of drug-likeness (QED) is 0.270. The Kier molecular flexibility index (Phi) is 5.33. The molecule has 2 heterocycles. The molecule has 4 N–H and O–H groups in total. The largest absolute Gasteiger partial charge is 0.377 e. The number of rotatable bonds is 6. The number of hydrogen-bond acceptors (Lipinski definition) is 5. The van der Waals surface area contributed by atoms with Crippen LogP contribution in [-0.4, -0.2) is 40.2 Å². The van der Waals surface area contributed by atoms with Crippen molar-refractivity contribution in [3.05, 3.63) is 71.9 Å². The molecule has 0 fully saturated rings. The Labute approximate surface area is 193 Å². The van der Waals surface area contributed by atoms with Crippen LogP contribution in [0.4, 0.5) is 31.8 Å². The maximum absolute atomic E-state index is 13.3. The number of carbonyl (C=O) groups excluding carboxylic acids is 1. The number of amides is 1. The summed E-state index contributed by atoms with van der Waals surface area (Å²) < 4.78 is 26.7. The number of fused-ring (bicyclic) bond motifs is 2. The summed E-state index contributed by atoms with van der Waals surface area (Å²) >= 11 is 0. The molecule has 1 amide bonds. The fourth-order valence-electron chi connectivity index (χ4n) is 3.80. The molecule has 3 aromatic carbocycles. The molecule has 0 bridgehead atoms. The minimum absolute atomic E-state index is 0.119. The van der Waals surface area contributed by atoms with E-state index in [0.717, 1.165) is 10.9 Å². The molecule has 0 aliphatic rings. The van der Waals surface area contributed by atoms with Gasteiger partial charge < -0.3 is 20.5 Å². The van der Waals surface area contributed by atoms with Gasteiger partial charge in [0.1, 0.15) is 0 Å². The first-order valence-corrected chi connectivity index (χ1v) is 10.5. The van der Waals surface area contributed by atoms with Crippen molar-refractivity contribution < 1.29 is 13.6 Å². The molecular formula is C24H21F2N7O. The molecule has 5 rings (SSSR count). The van der Waals surface area contributed by atoms with E-state index < -0.39 is 6.43 Å². The van der Waals surface area contributed by atoms with E-state index in [0.29, 0.717) is 33.9 Å². The summed E-state index contributed by atoms with van der Waals surface area (Å²) in [7, 11) is 3.67. The molecular weight excluding hydrogens is 440 g/mol. The van der Waals surface area contributed by atoms with Crippen molar-refractivity contribution in [2.24, 2.45) is 0 Å². The van der Waals surface area contributed by atoms with Gasteiger partial charge in [0.05, 0.1) is 34.0 Å². The van der Waals surface area contributed by atoms with Crippen molar-refractivity contribution in [3.63, 3.8) is 0 Å². The molecule has 0 saturated carbocycles. The number of alkyl halides is 2. The number of aromatic nitrogens is 4. The predicted octanol–water partition coefficient (Wildman–Crippen LogP) is 5.44. The summed E-state index contributed by atoms with van der Waals surface area (Å²) in [5.74, 6) is 0.00619. The van der Waals surface area contributed by atoms with E-state index >= 15 is 0 Å². The van der Waals surface area contributed by atoms with Gasteiger partial charge in [0.15, 0.2) is 0 Å². The van der Waals surface area contributed by atoms with E-state index in [4.69, 9.17) is 0 Å². The number of aromatic amines is 2. The molecule has 0 spiro atoms. The van der Waals surface area contributed by atoms with Crippen molar-refractivity contribution in [1.29, 1.82) is 0 Å². The number of imidazole rings is 1. The van der Waals surface area contributed by atoms with E-state index in [2.05, 4.69) is 30.8 Å². The normalized spacial score (nSPS) is 11.3. The van der Waals surface area contributed by atoms with Crippen molar-refractivity contribution in [3.8, 4) is 0 Å². The Morgan fingerprint density at radius 3 is 2.68 bits per heavy atom. The van der Waals surface area contributed by atoms with Gasteiger partial charge in [-0.1, -0.05) is 18.2 Å². The summed E-state index contributed by atoms with van der Waals surface area (Å²) in [6.45, 7) is 0. The number of nitrogens with one attached hydrogen (secondary N) is 4. The molecule has 0 unspecified atom stereocenters. The molecule has 0 radical (unpaired) electrons. The number of carbonyl (C=O) groups is 1. The maximum Gasteiger partial charge on any atom is 0.265 e. The van der Waals surface area contributed by atoms with E-state index in [1.165, 1.54) is 6.07 Å². The molecule has 172 valence electrons. The zero-order chi connectivity index (χ0) is 23.8. The Bertz CT molecular complexity index is 1510. The van der Waals surface area contributed by atoms with Crippen LogP contribution in [0, 0.1) is 0 Å². The van der Waals surface area contributed by atoms with Gasteiger partial charge in [-0.05, 0) is 36.4 Å². The van der Waals surface area contributed by atoms with Crippen molar-refractivity contribution >= 4 is 50.9 Å². The van der Waals surface area contributed by atoms with E-state index in [9.17, 15) is 13.6 Å². The molecule has 34 heavy (non-hydrogen) atoms. The Morgan fingerprint density at radius 1 is 1.06 bits per heavy atom. The first-order valence-electron chi connectivity index (χ1n) is 10.5. The SMILES string of the molecule is CN(C)c1cc2nc(Nc3ccccc3C(F)F)[nH]c2cc1C(=O)Nc1ccc2cn[nH]c2c1. The highest BCUT2D eigenvalue weighted by Crippen LogP contribution is 2.31. The van der Waals surface area contributed by atoms with Crippen LogP contribution in [0.5, 0.6) is 0 Å². The molecule has 0 saturated heterocycles. The van der Waals surface area contributed by atoms with Crippen LogP contribution in [0.15, 0.2) is 60.8 Å². The lowest BCUT2D eigenvalue weighted by atomic mass is 10.1. The van der Waals surface area contributed by atoms with Gasteiger partial charge in [-0.2, -0.15) is 5.10 Å². The average molecular weight is 461 g/mol. The number of halogens is 2. The third-order valence-corrected chi connectivity index (χ3v) is 5.47. The molecule has 0 atom stereocenters. The van der Waals surface area contributed by atoms with Crippen LogP contribution in [-0.2, 0) is 0 Å². The van der Waals surface area contributed by atoms with E-state index in [1.807, 2.05) is 37.2 Å². The second kappa shape index (κ2) is 8.47. The second-order valence-electron chi connectivity index (χ2n) is 8.01. The monoisotopic (exact) mass is 461 g/mol.